The Hall–Kier alpha value is -2.71. The van der Waals surface area contributed by atoms with Crippen LogP contribution in [0.15, 0.2) is 46.7 Å². The molecule has 4 rings (SSSR count). The number of piperazine rings is 1. The van der Waals surface area contributed by atoms with Crippen molar-refractivity contribution in [1.29, 1.82) is 0 Å². The minimum absolute atomic E-state index is 0.0452. The van der Waals surface area contributed by atoms with Gasteiger partial charge in [0.05, 0.1) is 5.69 Å². The molecule has 3 aromatic rings. The Labute approximate surface area is 167 Å². The fourth-order valence-corrected chi connectivity index (χ4v) is 4.13. The number of carbonyl (C=O) groups is 1. The zero-order chi connectivity index (χ0) is 19.7. The van der Waals surface area contributed by atoms with Gasteiger partial charge in [-0.2, -0.15) is 0 Å². The molecule has 1 aliphatic heterocycles. The number of anilines is 1. The van der Waals surface area contributed by atoms with Crippen molar-refractivity contribution >= 4 is 27.9 Å². The van der Waals surface area contributed by atoms with Gasteiger partial charge in [0.25, 0.3) is 11.5 Å². The topological polar surface area (TPSA) is 61.2 Å². The van der Waals surface area contributed by atoms with Crippen molar-refractivity contribution in [2.75, 3.05) is 45.2 Å². The number of carbonyl (C=O) groups excluding carboxylic acids is 1. The van der Waals surface area contributed by atoms with E-state index in [9.17, 15) is 9.59 Å². The smallest absolute Gasteiger partial charge is 0.258 e. The Morgan fingerprint density at radius 1 is 1.14 bits per heavy atom. The van der Waals surface area contributed by atoms with Crippen LogP contribution >= 0.6 is 11.3 Å². The molecule has 0 spiro atoms. The third-order valence-electron chi connectivity index (χ3n) is 5.03. The summed E-state index contributed by atoms with van der Waals surface area (Å²) >= 11 is 1.46. The number of amides is 1. The van der Waals surface area contributed by atoms with E-state index in [1.165, 1.54) is 11.3 Å². The van der Waals surface area contributed by atoms with Crippen LogP contribution in [-0.2, 0) is 6.54 Å². The van der Waals surface area contributed by atoms with E-state index in [2.05, 4.69) is 9.88 Å². The quantitative estimate of drug-likeness (QED) is 0.672. The largest absolute Gasteiger partial charge is 0.378 e. The molecule has 0 radical (unpaired) electrons. The molecule has 2 aromatic heterocycles. The summed E-state index contributed by atoms with van der Waals surface area (Å²) in [6, 6.07) is 9.31. The average molecular weight is 398 g/mol. The first-order valence-corrected chi connectivity index (χ1v) is 10.1. The Bertz CT molecular complexity index is 1030. The van der Waals surface area contributed by atoms with Crippen molar-refractivity contribution < 1.29 is 4.79 Å². The van der Waals surface area contributed by atoms with Crippen molar-refractivity contribution in [3.8, 4) is 0 Å². The number of nitrogens with zero attached hydrogens (tertiary/aromatic N) is 5. The lowest BCUT2D eigenvalue weighted by atomic mass is 10.1. The minimum atomic E-state index is -0.0452. The molecule has 0 bridgehead atoms. The summed E-state index contributed by atoms with van der Waals surface area (Å²) in [7, 11) is 3.96. The van der Waals surface area contributed by atoms with E-state index in [1.807, 2.05) is 53.5 Å². The molecule has 1 saturated heterocycles. The van der Waals surface area contributed by atoms with Gasteiger partial charge in [-0.25, -0.2) is 4.98 Å². The highest BCUT2D eigenvalue weighted by Crippen LogP contribution is 2.16. The molecule has 0 unspecified atom stereocenters. The van der Waals surface area contributed by atoms with Crippen LogP contribution in [0.25, 0.3) is 4.96 Å². The normalized spacial score (nSPS) is 15.1. The predicted molar refractivity (Wildman–Crippen MR) is 111 cm³/mol. The number of hydrogen-bond donors (Lipinski definition) is 0. The van der Waals surface area contributed by atoms with Crippen LogP contribution in [0.4, 0.5) is 5.69 Å². The van der Waals surface area contributed by atoms with Gasteiger partial charge in [0.2, 0.25) is 0 Å². The molecule has 0 aliphatic carbocycles. The zero-order valence-electron chi connectivity index (χ0n) is 16.0. The number of aromatic nitrogens is 2. The van der Waals surface area contributed by atoms with Crippen molar-refractivity contribution in [2.24, 2.45) is 0 Å². The third kappa shape index (κ3) is 3.79. The summed E-state index contributed by atoms with van der Waals surface area (Å²) in [5.41, 5.74) is 2.53. The molecule has 0 saturated carbocycles. The molecule has 1 fully saturated rings. The number of benzene rings is 1. The number of fused-ring (bicyclic) bond motifs is 1. The van der Waals surface area contributed by atoms with Gasteiger partial charge in [-0.15, -0.1) is 11.3 Å². The lowest BCUT2D eigenvalue weighted by Gasteiger charge is -2.34. The van der Waals surface area contributed by atoms with Crippen molar-refractivity contribution in [1.82, 2.24) is 19.2 Å². The van der Waals surface area contributed by atoms with Gasteiger partial charge in [-0.05, 0) is 24.3 Å². The maximum absolute atomic E-state index is 12.7. The highest BCUT2D eigenvalue weighted by molar-refractivity contribution is 7.15. The van der Waals surface area contributed by atoms with Gasteiger partial charge in [0.1, 0.15) is 0 Å². The standard InChI is InChI=1S/C20H23N5O2S/c1-22(2)17-5-3-15(4-6-17)19(27)24-9-7-23(8-10-24)14-16-13-18(26)25-11-12-28-20(25)21-16/h3-6,11-13H,7-10,14H2,1-2H3. The summed E-state index contributed by atoms with van der Waals surface area (Å²) < 4.78 is 1.56. The lowest BCUT2D eigenvalue weighted by molar-refractivity contribution is 0.0627. The molecule has 28 heavy (non-hydrogen) atoms. The zero-order valence-corrected chi connectivity index (χ0v) is 16.9. The first-order valence-electron chi connectivity index (χ1n) is 9.26. The fourth-order valence-electron chi connectivity index (χ4n) is 3.39. The van der Waals surface area contributed by atoms with E-state index < -0.39 is 0 Å². The van der Waals surface area contributed by atoms with Crippen molar-refractivity contribution in [2.45, 2.75) is 6.54 Å². The molecule has 1 aliphatic rings. The Morgan fingerprint density at radius 2 is 1.86 bits per heavy atom. The SMILES string of the molecule is CN(C)c1ccc(C(=O)N2CCN(Cc3cc(=O)n4ccsc4n3)CC2)cc1. The molecule has 0 atom stereocenters. The second kappa shape index (κ2) is 7.73. The molecule has 3 heterocycles. The predicted octanol–water partition coefficient (Wildman–Crippen LogP) is 1.78. The van der Waals surface area contributed by atoms with Crippen LogP contribution in [0, 0.1) is 0 Å². The maximum atomic E-state index is 12.7. The first-order chi connectivity index (χ1) is 13.5. The maximum Gasteiger partial charge on any atom is 0.258 e. The highest BCUT2D eigenvalue weighted by atomic mass is 32.1. The molecule has 146 valence electrons. The van der Waals surface area contributed by atoms with E-state index in [0.29, 0.717) is 19.6 Å². The van der Waals surface area contributed by atoms with Gasteiger partial charge in [0.15, 0.2) is 4.96 Å². The Balaban J connectivity index is 1.37. The lowest BCUT2D eigenvalue weighted by Crippen LogP contribution is -2.48. The summed E-state index contributed by atoms with van der Waals surface area (Å²) in [6.45, 7) is 3.52. The summed E-state index contributed by atoms with van der Waals surface area (Å²) in [5, 5.41) is 1.86. The van der Waals surface area contributed by atoms with E-state index >= 15 is 0 Å². The molecule has 0 N–H and O–H groups in total. The van der Waals surface area contributed by atoms with Crippen LogP contribution in [0.3, 0.4) is 0 Å². The van der Waals surface area contributed by atoms with Crippen LogP contribution in [0.2, 0.25) is 0 Å². The van der Waals surface area contributed by atoms with Crippen LogP contribution in [0.5, 0.6) is 0 Å². The van der Waals surface area contributed by atoms with Gasteiger partial charge >= 0.3 is 0 Å². The molecule has 8 heteroatoms. The first kappa shape index (κ1) is 18.6. The average Bonchev–Trinajstić information content (AvgIpc) is 3.17. The molecule has 1 amide bonds. The van der Waals surface area contributed by atoms with E-state index in [0.717, 1.165) is 35.0 Å². The van der Waals surface area contributed by atoms with Crippen LogP contribution < -0.4 is 10.5 Å². The van der Waals surface area contributed by atoms with Crippen LogP contribution in [0.1, 0.15) is 16.1 Å². The minimum Gasteiger partial charge on any atom is -0.378 e. The van der Waals surface area contributed by atoms with Gasteiger partial charge in [0, 0.05) is 75.7 Å². The number of hydrogen-bond acceptors (Lipinski definition) is 6. The van der Waals surface area contributed by atoms with Gasteiger partial charge < -0.3 is 9.80 Å². The van der Waals surface area contributed by atoms with Gasteiger partial charge in [-0.3, -0.25) is 18.9 Å². The van der Waals surface area contributed by atoms with Crippen molar-refractivity contribution in [3.63, 3.8) is 0 Å². The summed E-state index contributed by atoms with van der Waals surface area (Å²) in [4.78, 5) is 36.3. The summed E-state index contributed by atoms with van der Waals surface area (Å²) in [6.07, 6.45) is 1.74. The van der Waals surface area contributed by atoms with Gasteiger partial charge in [-0.1, -0.05) is 0 Å². The van der Waals surface area contributed by atoms with Crippen LogP contribution in [-0.4, -0.2) is 65.4 Å². The third-order valence-corrected chi connectivity index (χ3v) is 5.79. The van der Waals surface area contributed by atoms with E-state index in [-0.39, 0.29) is 11.5 Å². The fraction of sp³-hybridized carbons (Fsp3) is 0.350. The number of rotatable bonds is 4. The molecule has 7 nitrogen and oxygen atoms in total. The molecule has 1 aromatic carbocycles. The molecular weight excluding hydrogens is 374 g/mol. The summed E-state index contributed by atoms with van der Waals surface area (Å²) in [5.74, 6) is 0.0707. The molecular formula is C20H23N5O2S. The Morgan fingerprint density at radius 3 is 2.54 bits per heavy atom. The van der Waals surface area contributed by atoms with E-state index in [1.54, 1.807) is 16.7 Å². The highest BCUT2D eigenvalue weighted by Gasteiger charge is 2.22. The van der Waals surface area contributed by atoms with Crippen molar-refractivity contribution in [3.05, 3.63) is 63.5 Å². The second-order valence-corrected chi connectivity index (χ2v) is 8.02. The number of thiazole rings is 1. The Kier molecular flexibility index (Phi) is 5.15. The second-order valence-electron chi connectivity index (χ2n) is 7.15. The van der Waals surface area contributed by atoms with E-state index in [4.69, 9.17) is 0 Å². The monoisotopic (exact) mass is 397 g/mol.